The van der Waals surface area contributed by atoms with Gasteiger partial charge in [0.05, 0.1) is 6.61 Å². The second kappa shape index (κ2) is 17.0. The molecule has 1 unspecified atom stereocenters. The Labute approximate surface area is 267 Å². The highest BCUT2D eigenvalue weighted by molar-refractivity contribution is 5.96. The number of hydrazine groups is 1. The van der Waals surface area contributed by atoms with Crippen molar-refractivity contribution in [1.29, 1.82) is 5.41 Å². The molecule has 0 fully saturated rings. The predicted octanol–water partition coefficient (Wildman–Crippen LogP) is 2.79. The molecule has 0 saturated carbocycles. The van der Waals surface area contributed by atoms with Crippen LogP contribution in [0.5, 0.6) is 11.5 Å². The van der Waals surface area contributed by atoms with Crippen LogP contribution in [0.2, 0.25) is 0 Å². The summed E-state index contributed by atoms with van der Waals surface area (Å²) in [4.78, 5) is 52.4. The standard InChI is InChI=1S/C28H33N7O5.C2HF3O2/c1-5-39-23-15-19(11-14-22(23)40-16-24(36)35(3)4)25(32-20-12-9-18(10-13-20)26(29)30)28(38)34-33-27(37)21-8-6-7-17(2)31-21;3-2(4,5)1(6)7/h6-15,25,32H,5,16H2,1-4H3,(H3,29,30)(H,33,37)(H,34,38);(H,6,7). The number of nitrogens with two attached hydrogens (primary N) is 1. The van der Waals surface area contributed by atoms with Crippen LogP contribution in [0.1, 0.15) is 40.3 Å². The lowest BCUT2D eigenvalue weighted by Crippen LogP contribution is -2.45. The van der Waals surface area contributed by atoms with E-state index < -0.39 is 30.0 Å². The molecule has 0 aliphatic rings. The lowest BCUT2D eigenvalue weighted by molar-refractivity contribution is -0.192. The second-order valence-corrected chi connectivity index (χ2v) is 9.69. The van der Waals surface area contributed by atoms with Crippen molar-refractivity contribution in [3.8, 4) is 11.5 Å². The number of rotatable bonds is 11. The number of amides is 3. The number of nitrogens with one attached hydrogen (secondary N) is 4. The number of likely N-dealkylation sites (N-methyl/N-ethyl adjacent to an activating group) is 1. The molecule has 0 saturated heterocycles. The summed E-state index contributed by atoms with van der Waals surface area (Å²) < 4.78 is 43.1. The number of pyridine rings is 1. The van der Waals surface area contributed by atoms with Crippen molar-refractivity contribution in [3.63, 3.8) is 0 Å². The number of hydrogen-bond donors (Lipinski definition) is 6. The first kappa shape index (κ1) is 37.3. The van der Waals surface area contributed by atoms with Crippen LogP contribution >= 0.6 is 0 Å². The van der Waals surface area contributed by atoms with Gasteiger partial charge in [-0.1, -0.05) is 12.1 Å². The zero-order valence-corrected chi connectivity index (χ0v) is 25.8. The molecule has 7 N–H and O–H groups in total. The fraction of sp³-hybridized carbons (Fsp3) is 0.267. The van der Waals surface area contributed by atoms with Gasteiger partial charge >= 0.3 is 12.1 Å². The van der Waals surface area contributed by atoms with E-state index in [1.54, 1.807) is 82.5 Å². The van der Waals surface area contributed by atoms with Crippen LogP contribution in [-0.4, -0.2) is 78.0 Å². The monoisotopic (exact) mass is 661 g/mol. The van der Waals surface area contributed by atoms with Gasteiger partial charge in [0.15, 0.2) is 18.1 Å². The smallest absolute Gasteiger partial charge is 0.490 e. The number of halogens is 3. The Balaban J connectivity index is 0.000000984. The number of carboxylic acid groups (broad SMARTS) is 1. The molecule has 3 amide bonds. The van der Waals surface area contributed by atoms with Crippen molar-refractivity contribution < 1.29 is 46.9 Å². The van der Waals surface area contributed by atoms with E-state index in [0.29, 0.717) is 40.6 Å². The van der Waals surface area contributed by atoms with Gasteiger partial charge in [-0.25, -0.2) is 9.78 Å². The fourth-order valence-electron chi connectivity index (χ4n) is 3.50. The molecule has 1 atom stereocenters. The van der Waals surface area contributed by atoms with Crippen LogP contribution in [0.25, 0.3) is 0 Å². The van der Waals surface area contributed by atoms with Gasteiger partial charge in [0.1, 0.15) is 17.6 Å². The molecule has 1 heterocycles. The van der Waals surface area contributed by atoms with Gasteiger partial charge in [-0.3, -0.25) is 30.6 Å². The van der Waals surface area contributed by atoms with Crippen LogP contribution in [0.15, 0.2) is 60.7 Å². The third-order valence-electron chi connectivity index (χ3n) is 5.88. The number of hydrogen-bond acceptors (Lipinski definition) is 9. The highest BCUT2D eigenvalue weighted by atomic mass is 19.4. The van der Waals surface area contributed by atoms with E-state index in [-0.39, 0.29) is 24.0 Å². The van der Waals surface area contributed by atoms with Gasteiger partial charge in [-0.05, 0) is 67.9 Å². The molecule has 47 heavy (non-hydrogen) atoms. The summed E-state index contributed by atoms with van der Waals surface area (Å²) >= 11 is 0. The van der Waals surface area contributed by atoms with Crippen molar-refractivity contribution in [2.45, 2.75) is 26.1 Å². The molecular formula is C30H34F3N7O7. The highest BCUT2D eigenvalue weighted by Gasteiger charge is 2.38. The molecule has 0 spiro atoms. The number of alkyl halides is 3. The van der Waals surface area contributed by atoms with Gasteiger partial charge in [-0.2, -0.15) is 13.2 Å². The molecule has 2 aromatic carbocycles. The van der Waals surface area contributed by atoms with Gasteiger partial charge in [0.2, 0.25) is 0 Å². The van der Waals surface area contributed by atoms with Crippen LogP contribution < -0.4 is 31.4 Å². The normalized spacial score (nSPS) is 11.1. The topological polar surface area (TPSA) is 209 Å². The van der Waals surface area contributed by atoms with Crippen LogP contribution in [0.4, 0.5) is 18.9 Å². The first-order valence-corrected chi connectivity index (χ1v) is 13.7. The van der Waals surface area contributed by atoms with Gasteiger partial charge in [0.25, 0.3) is 17.7 Å². The average Bonchev–Trinajstić information content (AvgIpc) is 3.01. The minimum Gasteiger partial charge on any atom is -0.490 e. The number of nitrogens with zero attached hydrogens (tertiary/aromatic N) is 2. The van der Waals surface area contributed by atoms with E-state index >= 15 is 0 Å². The molecule has 17 heteroatoms. The Morgan fingerprint density at radius 3 is 2.17 bits per heavy atom. The van der Waals surface area contributed by atoms with Crippen molar-refractivity contribution >= 4 is 35.2 Å². The molecule has 1 aromatic heterocycles. The molecule has 3 aromatic rings. The van der Waals surface area contributed by atoms with Crippen LogP contribution in [0.3, 0.4) is 0 Å². The molecule has 252 valence electrons. The summed E-state index contributed by atoms with van der Waals surface area (Å²) in [6, 6.07) is 15.5. The number of carboxylic acids is 1. The molecular weight excluding hydrogens is 627 g/mol. The number of aryl methyl sites for hydroxylation is 1. The zero-order chi connectivity index (χ0) is 35.3. The molecule has 3 rings (SSSR count). The molecule has 0 aliphatic carbocycles. The number of aromatic nitrogens is 1. The van der Waals surface area contributed by atoms with Gasteiger partial charge in [0, 0.05) is 31.0 Å². The van der Waals surface area contributed by atoms with E-state index in [0.717, 1.165) is 0 Å². The van der Waals surface area contributed by atoms with E-state index in [9.17, 15) is 27.6 Å². The minimum absolute atomic E-state index is 0.0852. The number of nitrogen functional groups attached to an aromatic ring is 1. The average molecular weight is 662 g/mol. The number of carbonyl (C=O) groups is 4. The predicted molar refractivity (Wildman–Crippen MR) is 164 cm³/mol. The Hall–Kier alpha value is -5.87. The van der Waals surface area contributed by atoms with E-state index in [4.69, 9.17) is 30.5 Å². The third-order valence-corrected chi connectivity index (χ3v) is 5.88. The van der Waals surface area contributed by atoms with Crippen LogP contribution in [-0.2, 0) is 14.4 Å². The summed E-state index contributed by atoms with van der Waals surface area (Å²) in [5.74, 6) is -3.54. The Kier molecular flexibility index (Phi) is 13.5. The van der Waals surface area contributed by atoms with E-state index in [2.05, 4.69) is 21.2 Å². The highest BCUT2D eigenvalue weighted by Crippen LogP contribution is 2.32. The quantitative estimate of drug-likeness (QED) is 0.101. The third kappa shape index (κ3) is 11.9. The van der Waals surface area contributed by atoms with Gasteiger partial charge in [-0.15, -0.1) is 0 Å². The summed E-state index contributed by atoms with van der Waals surface area (Å²) in [7, 11) is 3.26. The number of carbonyl (C=O) groups excluding carboxylic acids is 3. The molecule has 0 bridgehead atoms. The molecule has 0 radical (unpaired) electrons. The maximum atomic E-state index is 13.4. The zero-order valence-electron chi connectivity index (χ0n) is 25.8. The Morgan fingerprint density at radius 2 is 1.64 bits per heavy atom. The van der Waals surface area contributed by atoms with Crippen molar-refractivity contribution in [2.24, 2.45) is 5.73 Å². The molecule has 14 nitrogen and oxygen atoms in total. The second-order valence-electron chi connectivity index (χ2n) is 9.69. The summed E-state index contributed by atoms with van der Waals surface area (Å²) in [6.45, 7) is 3.69. The lowest BCUT2D eigenvalue weighted by atomic mass is 10.0. The largest absolute Gasteiger partial charge is 0.490 e. The van der Waals surface area contributed by atoms with E-state index in [1.165, 1.54) is 11.0 Å². The molecule has 0 aliphatic heterocycles. The summed E-state index contributed by atoms with van der Waals surface area (Å²) in [5, 5.41) is 17.9. The lowest BCUT2D eigenvalue weighted by Gasteiger charge is -2.22. The van der Waals surface area contributed by atoms with Crippen molar-refractivity contribution in [1.82, 2.24) is 20.7 Å². The number of anilines is 1. The van der Waals surface area contributed by atoms with Crippen molar-refractivity contribution in [3.05, 3.63) is 83.2 Å². The SMILES string of the molecule is CCOc1cc(C(Nc2ccc(C(=N)N)cc2)C(=O)NNC(=O)c2cccc(C)n2)ccc1OCC(=O)N(C)C.O=C(O)C(F)(F)F. The maximum absolute atomic E-state index is 13.4. The number of amidine groups is 1. The van der Waals surface area contributed by atoms with Gasteiger partial charge < -0.3 is 30.5 Å². The minimum atomic E-state index is -5.08. The Morgan fingerprint density at radius 1 is 1.00 bits per heavy atom. The Bertz CT molecular complexity index is 1580. The number of ether oxygens (including phenoxy) is 2. The summed E-state index contributed by atoms with van der Waals surface area (Å²) in [5.41, 5.74) is 12.8. The van der Waals surface area contributed by atoms with E-state index in [1.807, 2.05) is 0 Å². The van der Waals surface area contributed by atoms with Crippen molar-refractivity contribution in [2.75, 3.05) is 32.6 Å². The van der Waals surface area contributed by atoms with Crippen LogP contribution in [0, 0.1) is 12.3 Å². The number of benzene rings is 2. The first-order chi connectivity index (χ1) is 22.0. The first-order valence-electron chi connectivity index (χ1n) is 13.7. The fourth-order valence-corrected chi connectivity index (χ4v) is 3.50. The maximum Gasteiger partial charge on any atom is 0.490 e. The summed E-state index contributed by atoms with van der Waals surface area (Å²) in [6.07, 6.45) is -5.08. The number of aliphatic carboxylic acids is 1.